The SMILES string of the molecule is c1ccc(Nc2nc3c(c(N4CCOCC4)n2)CCN(c2ncccn2)C3)cc1. The number of hydrogen-bond acceptors (Lipinski definition) is 8. The van der Waals surface area contributed by atoms with Gasteiger partial charge in [0.2, 0.25) is 11.9 Å². The van der Waals surface area contributed by atoms with E-state index in [-0.39, 0.29) is 0 Å². The number of hydrogen-bond donors (Lipinski definition) is 1. The lowest BCUT2D eigenvalue weighted by Gasteiger charge is -2.34. The highest BCUT2D eigenvalue weighted by Gasteiger charge is 2.27. The highest BCUT2D eigenvalue weighted by Crippen LogP contribution is 2.30. The monoisotopic (exact) mass is 389 g/mol. The van der Waals surface area contributed by atoms with E-state index in [1.54, 1.807) is 12.4 Å². The second kappa shape index (κ2) is 8.00. The molecule has 5 rings (SSSR count). The van der Waals surface area contributed by atoms with E-state index in [1.807, 2.05) is 36.4 Å². The molecule has 0 saturated carbocycles. The van der Waals surface area contributed by atoms with Crippen LogP contribution in [-0.4, -0.2) is 52.8 Å². The Morgan fingerprint density at radius 3 is 2.45 bits per heavy atom. The van der Waals surface area contributed by atoms with Crippen LogP contribution in [0, 0.1) is 0 Å². The largest absolute Gasteiger partial charge is 0.378 e. The zero-order chi connectivity index (χ0) is 19.5. The molecule has 0 bridgehead atoms. The van der Waals surface area contributed by atoms with Gasteiger partial charge in [-0.3, -0.25) is 0 Å². The van der Waals surface area contributed by atoms with Gasteiger partial charge < -0.3 is 19.9 Å². The lowest BCUT2D eigenvalue weighted by molar-refractivity contribution is 0.122. The van der Waals surface area contributed by atoms with E-state index < -0.39 is 0 Å². The van der Waals surface area contributed by atoms with Crippen LogP contribution in [0.5, 0.6) is 0 Å². The molecule has 148 valence electrons. The molecule has 2 aliphatic rings. The Hall–Kier alpha value is -3.26. The van der Waals surface area contributed by atoms with Crippen LogP contribution in [0.3, 0.4) is 0 Å². The molecule has 0 atom stereocenters. The molecule has 4 heterocycles. The van der Waals surface area contributed by atoms with Crippen molar-refractivity contribution in [1.82, 2.24) is 19.9 Å². The standard InChI is InChI=1S/C21H23N7O/c1-2-5-16(6-3-1)24-20-25-18-15-28(21-22-8-4-9-23-21)10-7-17(18)19(26-20)27-11-13-29-14-12-27/h1-6,8-9H,7,10-15H2,(H,24,25,26). The van der Waals surface area contributed by atoms with Crippen LogP contribution in [0.2, 0.25) is 0 Å². The third kappa shape index (κ3) is 3.84. The minimum absolute atomic E-state index is 0.618. The van der Waals surface area contributed by atoms with Crippen molar-refractivity contribution in [3.63, 3.8) is 0 Å². The average molecular weight is 389 g/mol. The van der Waals surface area contributed by atoms with Gasteiger partial charge >= 0.3 is 0 Å². The van der Waals surface area contributed by atoms with Crippen LogP contribution in [0.25, 0.3) is 0 Å². The molecule has 1 N–H and O–H groups in total. The molecule has 2 aromatic heterocycles. The minimum Gasteiger partial charge on any atom is -0.378 e. The maximum Gasteiger partial charge on any atom is 0.229 e. The van der Waals surface area contributed by atoms with Gasteiger partial charge in [0.15, 0.2) is 0 Å². The van der Waals surface area contributed by atoms with E-state index >= 15 is 0 Å². The molecule has 29 heavy (non-hydrogen) atoms. The number of aromatic nitrogens is 4. The van der Waals surface area contributed by atoms with Crippen LogP contribution in [0.1, 0.15) is 11.3 Å². The summed E-state index contributed by atoms with van der Waals surface area (Å²) >= 11 is 0. The summed E-state index contributed by atoms with van der Waals surface area (Å²) in [6.07, 6.45) is 4.42. The summed E-state index contributed by atoms with van der Waals surface area (Å²) < 4.78 is 5.54. The first kappa shape index (κ1) is 17.8. The number of benzene rings is 1. The van der Waals surface area contributed by atoms with Gasteiger partial charge in [-0.25, -0.2) is 15.0 Å². The highest BCUT2D eigenvalue weighted by atomic mass is 16.5. The first-order valence-corrected chi connectivity index (χ1v) is 9.93. The molecule has 8 nitrogen and oxygen atoms in total. The van der Waals surface area contributed by atoms with Crippen molar-refractivity contribution >= 4 is 23.4 Å². The molecule has 0 aliphatic carbocycles. The van der Waals surface area contributed by atoms with Gasteiger partial charge in [0.25, 0.3) is 0 Å². The average Bonchev–Trinajstić information content (AvgIpc) is 2.80. The van der Waals surface area contributed by atoms with Crippen LogP contribution in [0.15, 0.2) is 48.8 Å². The van der Waals surface area contributed by atoms with Crippen molar-refractivity contribution in [2.45, 2.75) is 13.0 Å². The van der Waals surface area contributed by atoms with Crippen LogP contribution < -0.4 is 15.1 Å². The number of anilines is 4. The topological polar surface area (TPSA) is 79.3 Å². The fourth-order valence-corrected chi connectivity index (χ4v) is 3.78. The maximum atomic E-state index is 5.54. The third-order valence-corrected chi connectivity index (χ3v) is 5.22. The number of nitrogens with zero attached hydrogens (tertiary/aromatic N) is 6. The number of para-hydroxylation sites is 1. The Morgan fingerprint density at radius 1 is 0.862 bits per heavy atom. The number of morpholine rings is 1. The van der Waals surface area contributed by atoms with Crippen molar-refractivity contribution < 1.29 is 4.74 Å². The molecule has 0 radical (unpaired) electrons. The molecule has 1 fully saturated rings. The summed E-state index contributed by atoms with van der Waals surface area (Å²) in [5.74, 6) is 2.37. The predicted octanol–water partition coefficient (Wildman–Crippen LogP) is 2.41. The van der Waals surface area contributed by atoms with Gasteiger partial charge in [-0.2, -0.15) is 4.98 Å². The summed E-state index contributed by atoms with van der Waals surface area (Å²) in [5, 5.41) is 3.36. The fraction of sp³-hybridized carbons (Fsp3) is 0.333. The third-order valence-electron chi connectivity index (χ3n) is 5.22. The summed E-state index contributed by atoms with van der Waals surface area (Å²) in [7, 11) is 0. The Kier molecular flexibility index (Phi) is 4.92. The molecular weight excluding hydrogens is 366 g/mol. The van der Waals surface area contributed by atoms with E-state index in [0.29, 0.717) is 12.5 Å². The highest BCUT2D eigenvalue weighted by molar-refractivity contribution is 5.60. The molecule has 1 saturated heterocycles. The number of nitrogens with one attached hydrogen (secondary N) is 1. The number of rotatable bonds is 4. The number of fused-ring (bicyclic) bond motifs is 1. The minimum atomic E-state index is 0.618. The predicted molar refractivity (Wildman–Crippen MR) is 112 cm³/mol. The second-order valence-corrected chi connectivity index (χ2v) is 7.11. The molecule has 0 amide bonds. The molecule has 1 aromatic carbocycles. The van der Waals surface area contributed by atoms with E-state index in [0.717, 1.165) is 62.4 Å². The Labute approximate surface area is 169 Å². The maximum absolute atomic E-state index is 5.54. The second-order valence-electron chi connectivity index (χ2n) is 7.11. The van der Waals surface area contributed by atoms with E-state index in [9.17, 15) is 0 Å². The molecule has 8 heteroatoms. The lowest BCUT2D eigenvalue weighted by Crippen LogP contribution is -2.40. The van der Waals surface area contributed by atoms with E-state index in [2.05, 4.69) is 25.1 Å². The zero-order valence-corrected chi connectivity index (χ0v) is 16.2. The van der Waals surface area contributed by atoms with E-state index in [1.165, 1.54) is 5.56 Å². The van der Waals surface area contributed by atoms with Crippen molar-refractivity contribution in [3.8, 4) is 0 Å². The van der Waals surface area contributed by atoms with Gasteiger partial charge in [0.05, 0.1) is 25.5 Å². The zero-order valence-electron chi connectivity index (χ0n) is 16.2. The van der Waals surface area contributed by atoms with E-state index in [4.69, 9.17) is 14.7 Å². The number of ether oxygens (including phenoxy) is 1. The van der Waals surface area contributed by atoms with Gasteiger partial charge in [0.1, 0.15) is 5.82 Å². The normalized spacial score (nSPS) is 16.4. The quantitative estimate of drug-likeness (QED) is 0.729. The Bertz CT molecular complexity index is 962. The van der Waals surface area contributed by atoms with Gasteiger partial charge in [-0.05, 0) is 24.6 Å². The van der Waals surface area contributed by atoms with Gasteiger partial charge in [0, 0.05) is 43.3 Å². The lowest BCUT2D eigenvalue weighted by atomic mass is 10.0. The first-order chi connectivity index (χ1) is 14.4. The summed E-state index contributed by atoms with van der Waals surface area (Å²) in [4.78, 5) is 23.1. The van der Waals surface area contributed by atoms with Gasteiger partial charge in [-0.1, -0.05) is 18.2 Å². The first-order valence-electron chi connectivity index (χ1n) is 9.93. The van der Waals surface area contributed by atoms with Crippen molar-refractivity contribution in [2.24, 2.45) is 0 Å². The van der Waals surface area contributed by atoms with Gasteiger partial charge in [-0.15, -0.1) is 0 Å². The molecule has 2 aliphatic heterocycles. The summed E-state index contributed by atoms with van der Waals surface area (Å²) in [5.41, 5.74) is 3.22. The van der Waals surface area contributed by atoms with Crippen molar-refractivity contribution in [2.75, 3.05) is 48.0 Å². The molecular formula is C21H23N7O. The van der Waals surface area contributed by atoms with Crippen molar-refractivity contribution in [1.29, 1.82) is 0 Å². The van der Waals surface area contributed by atoms with Crippen LogP contribution in [0.4, 0.5) is 23.4 Å². The fourth-order valence-electron chi connectivity index (χ4n) is 3.78. The van der Waals surface area contributed by atoms with Crippen molar-refractivity contribution in [3.05, 3.63) is 60.0 Å². The van der Waals surface area contributed by atoms with Crippen LogP contribution >= 0.6 is 0 Å². The Balaban J connectivity index is 1.50. The Morgan fingerprint density at radius 2 is 1.66 bits per heavy atom. The summed E-state index contributed by atoms with van der Waals surface area (Å²) in [6.45, 7) is 4.67. The smallest absolute Gasteiger partial charge is 0.229 e. The molecule has 0 unspecified atom stereocenters. The van der Waals surface area contributed by atoms with Crippen LogP contribution in [-0.2, 0) is 17.7 Å². The molecule has 3 aromatic rings. The molecule has 0 spiro atoms. The summed E-state index contributed by atoms with van der Waals surface area (Å²) in [6, 6.07) is 11.9.